The fourth-order valence-corrected chi connectivity index (χ4v) is 8.61. The predicted octanol–water partition coefficient (Wildman–Crippen LogP) is 5.50. The van der Waals surface area contributed by atoms with Crippen molar-refractivity contribution >= 4 is 28.2 Å². The number of carbonyl (C=O) groups is 1. The van der Waals surface area contributed by atoms with E-state index >= 15 is 13.2 Å². The number of nitriles is 1. The minimum absolute atomic E-state index is 0.0932. The average Bonchev–Trinajstić information content (AvgIpc) is 3.37. The number of likely N-dealkylation sites (N-methyl/N-ethyl adjacent to an activating group) is 1. The average molecular weight is 761 g/mol. The molecule has 0 saturated carbocycles. The summed E-state index contributed by atoms with van der Waals surface area (Å²) >= 11 is 0. The van der Waals surface area contributed by atoms with Crippen LogP contribution in [0.5, 0.6) is 6.01 Å². The second-order valence-electron chi connectivity index (χ2n) is 15.5. The Morgan fingerprint density at radius 3 is 2.62 bits per heavy atom. The standard InChI is InChI=1S/C41H51F3N8O3/c1-29-8-4-9-30-10-5-11-34(37(29)30)52-27-33-32(13-14-35(52)41(42,43)44)38(47-39(46-33)55-28-40(2)16-7-18-48(40)3)50-20-21-51(31(26-50)15-17-45)36(53)12-6-19-49-22-24-54-25-23-49/h4-6,8-12,31,35H,7,13-16,18-28H2,1-3H3/b12-6+/t31-,35+,40?/m0/s1. The van der Waals surface area contributed by atoms with Gasteiger partial charge in [-0.25, -0.2) is 0 Å². The van der Waals surface area contributed by atoms with Crippen molar-refractivity contribution in [3.63, 3.8) is 0 Å². The van der Waals surface area contributed by atoms with Crippen molar-refractivity contribution in [1.82, 2.24) is 24.7 Å². The summed E-state index contributed by atoms with van der Waals surface area (Å²) in [5.41, 5.74) is 2.31. The van der Waals surface area contributed by atoms with Crippen LogP contribution in [-0.2, 0) is 22.5 Å². The van der Waals surface area contributed by atoms with Crippen LogP contribution < -0.4 is 14.5 Å². The van der Waals surface area contributed by atoms with Crippen molar-refractivity contribution < 1.29 is 27.4 Å². The third-order valence-corrected chi connectivity index (χ3v) is 12.0. The van der Waals surface area contributed by atoms with Gasteiger partial charge in [-0.1, -0.05) is 36.4 Å². The molecule has 4 aliphatic heterocycles. The lowest BCUT2D eigenvalue weighted by molar-refractivity contribution is -0.150. The lowest BCUT2D eigenvalue weighted by Crippen LogP contribution is -2.55. The van der Waals surface area contributed by atoms with Gasteiger partial charge in [0.2, 0.25) is 5.91 Å². The number of amides is 1. The number of fused-ring (bicyclic) bond motifs is 2. The Labute approximate surface area is 321 Å². The molecule has 0 N–H and O–H groups in total. The van der Waals surface area contributed by atoms with Gasteiger partial charge in [-0.15, -0.1) is 0 Å². The summed E-state index contributed by atoms with van der Waals surface area (Å²) in [6.45, 7) is 9.86. The van der Waals surface area contributed by atoms with Crippen molar-refractivity contribution in [2.45, 2.75) is 76.3 Å². The van der Waals surface area contributed by atoms with Gasteiger partial charge < -0.3 is 24.2 Å². The summed E-state index contributed by atoms with van der Waals surface area (Å²) in [5.74, 6) is 0.348. The number of likely N-dealkylation sites (tertiary alicyclic amines) is 1. The van der Waals surface area contributed by atoms with Gasteiger partial charge in [0.25, 0.3) is 0 Å². The van der Waals surface area contributed by atoms with Crippen molar-refractivity contribution in [2.75, 3.05) is 82.5 Å². The van der Waals surface area contributed by atoms with E-state index in [1.807, 2.05) is 48.2 Å². The van der Waals surface area contributed by atoms with Crippen molar-refractivity contribution in [3.05, 3.63) is 65.4 Å². The fourth-order valence-electron chi connectivity index (χ4n) is 8.61. The molecule has 11 nitrogen and oxygen atoms in total. The first-order valence-corrected chi connectivity index (χ1v) is 19.4. The lowest BCUT2D eigenvalue weighted by Gasteiger charge is -2.41. The zero-order chi connectivity index (χ0) is 38.7. The number of nitrogens with zero attached hydrogens (tertiary/aromatic N) is 8. The minimum Gasteiger partial charge on any atom is -0.461 e. The van der Waals surface area contributed by atoms with Crippen LogP contribution in [0.1, 0.15) is 49.4 Å². The lowest BCUT2D eigenvalue weighted by atomic mass is 10.0. The number of ether oxygens (including phenoxy) is 2. The molecule has 3 saturated heterocycles. The third kappa shape index (κ3) is 8.39. The second-order valence-corrected chi connectivity index (χ2v) is 15.5. The highest BCUT2D eigenvalue weighted by molar-refractivity contribution is 5.97. The molecule has 0 radical (unpaired) electrons. The van der Waals surface area contributed by atoms with Gasteiger partial charge >= 0.3 is 12.2 Å². The summed E-state index contributed by atoms with van der Waals surface area (Å²) in [6, 6.07) is 11.4. The van der Waals surface area contributed by atoms with Crippen LogP contribution in [0.2, 0.25) is 0 Å². The maximum Gasteiger partial charge on any atom is 0.408 e. The largest absolute Gasteiger partial charge is 0.461 e. The highest BCUT2D eigenvalue weighted by Gasteiger charge is 2.46. The van der Waals surface area contributed by atoms with Crippen LogP contribution >= 0.6 is 0 Å². The summed E-state index contributed by atoms with van der Waals surface area (Å²) in [5, 5.41) is 11.5. The Kier molecular flexibility index (Phi) is 11.5. The molecule has 14 heteroatoms. The Hall–Kier alpha value is -4.45. The number of hydrogen-bond donors (Lipinski definition) is 0. The molecule has 4 aliphatic rings. The Bertz CT molecular complexity index is 1920. The molecule has 0 spiro atoms. The SMILES string of the molecule is Cc1cccc2cccc(N3Cc4nc(OCC5(C)CCCN5C)nc(N5CCN(C(=O)/C=C/CN6CCOCC6)[C@@H](CC#N)C5)c4CC[C@@H]3C(F)(F)F)c12. The number of carbonyl (C=O) groups excluding carboxylic acids is 1. The van der Waals surface area contributed by atoms with Gasteiger partial charge in [0.1, 0.15) is 18.5 Å². The quantitative estimate of drug-likeness (QED) is 0.260. The summed E-state index contributed by atoms with van der Waals surface area (Å²) in [7, 11) is 2.06. The van der Waals surface area contributed by atoms with Gasteiger partial charge in [0.05, 0.1) is 49.5 Å². The van der Waals surface area contributed by atoms with Crippen molar-refractivity contribution in [1.29, 1.82) is 5.26 Å². The number of anilines is 2. The number of halogens is 3. The molecule has 1 amide bonds. The molecule has 3 atom stereocenters. The molecule has 294 valence electrons. The molecule has 55 heavy (non-hydrogen) atoms. The first-order chi connectivity index (χ1) is 26.4. The van der Waals surface area contributed by atoms with E-state index in [0.717, 1.165) is 48.8 Å². The number of rotatable bonds is 9. The monoisotopic (exact) mass is 760 g/mol. The smallest absolute Gasteiger partial charge is 0.408 e. The number of aryl methyl sites for hydroxylation is 1. The highest BCUT2D eigenvalue weighted by atomic mass is 19.4. The van der Waals surface area contributed by atoms with Crippen molar-refractivity contribution in [2.24, 2.45) is 0 Å². The molecule has 1 unspecified atom stereocenters. The normalized spacial score (nSPS) is 24.3. The van der Waals surface area contributed by atoms with Gasteiger partial charge in [0, 0.05) is 62.0 Å². The van der Waals surface area contributed by atoms with E-state index in [4.69, 9.17) is 19.4 Å². The second kappa shape index (κ2) is 16.3. The predicted molar refractivity (Wildman–Crippen MR) is 205 cm³/mol. The number of morpholine rings is 1. The first kappa shape index (κ1) is 38.8. The molecule has 0 aliphatic carbocycles. The topological polar surface area (TPSA) is 101 Å². The molecule has 3 aromatic rings. The highest BCUT2D eigenvalue weighted by Crippen LogP contribution is 2.41. The van der Waals surface area contributed by atoms with E-state index in [2.05, 4.69) is 29.8 Å². The van der Waals surface area contributed by atoms with Gasteiger partial charge in [0.15, 0.2) is 0 Å². The van der Waals surface area contributed by atoms with E-state index < -0.39 is 18.3 Å². The number of piperazine rings is 1. The van der Waals surface area contributed by atoms with E-state index in [1.54, 1.807) is 17.0 Å². The Morgan fingerprint density at radius 2 is 1.89 bits per heavy atom. The van der Waals surface area contributed by atoms with Gasteiger partial charge in [-0.3, -0.25) is 14.6 Å². The molecule has 5 heterocycles. The number of alkyl halides is 3. The molecular weight excluding hydrogens is 709 g/mol. The van der Waals surface area contributed by atoms with Crippen LogP contribution in [0.4, 0.5) is 24.7 Å². The number of aromatic nitrogens is 2. The molecule has 0 bridgehead atoms. The molecule has 7 rings (SSSR count). The van der Waals surface area contributed by atoms with Crippen molar-refractivity contribution in [3.8, 4) is 12.1 Å². The summed E-state index contributed by atoms with van der Waals surface area (Å²) in [6.07, 6.45) is 0.922. The first-order valence-electron chi connectivity index (χ1n) is 19.4. The van der Waals surface area contributed by atoms with Crippen LogP contribution in [0.3, 0.4) is 0 Å². The number of hydrogen-bond acceptors (Lipinski definition) is 10. The van der Waals surface area contributed by atoms with E-state index in [9.17, 15) is 10.1 Å². The van der Waals surface area contributed by atoms with Crippen LogP contribution in [0.15, 0.2) is 48.6 Å². The third-order valence-electron chi connectivity index (χ3n) is 12.0. The molecule has 2 aromatic carbocycles. The van der Waals surface area contributed by atoms with E-state index in [0.29, 0.717) is 68.8 Å². The Morgan fingerprint density at radius 1 is 1.11 bits per heavy atom. The minimum atomic E-state index is -4.51. The van der Waals surface area contributed by atoms with E-state index in [-0.39, 0.29) is 43.3 Å². The van der Waals surface area contributed by atoms with Gasteiger partial charge in [-0.05, 0) is 70.1 Å². The summed E-state index contributed by atoms with van der Waals surface area (Å²) < 4.78 is 57.2. The molecule has 3 fully saturated rings. The molecule has 1 aromatic heterocycles. The number of benzene rings is 2. The van der Waals surface area contributed by atoms with Gasteiger partial charge in [-0.2, -0.15) is 28.4 Å². The Balaban J connectivity index is 1.23. The maximum absolute atomic E-state index is 15.1. The summed E-state index contributed by atoms with van der Waals surface area (Å²) in [4.78, 5) is 33.0. The maximum atomic E-state index is 15.1. The zero-order valence-corrected chi connectivity index (χ0v) is 32.0. The van der Waals surface area contributed by atoms with Crippen LogP contribution in [0.25, 0.3) is 10.8 Å². The zero-order valence-electron chi connectivity index (χ0n) is 32.0. The fraction of sp³-hybridized carbons (Fsp3) is 0.561. The molecular formula is C41H51F3N8O3. The van der Waals surface area contributed by atoms with Crippen LogP contribution in [-0.4, -0.2) is 127 Å². The van der Waals surface area contributed by atoms with E-state index in [1.165, 1.54) is 4.90 Å². The van der Waals surface area contributed by atoms with Crippen LogP contribution in [0, 0.1) is 18.3 Å².